The second-order valence-corrected chi connectivity index (χ2v) is 7.44. The standard InChI is InChI=1S/C24H32N2O3/c1-5-6-12-25-24(28)20(4)26(16-21-10-8-7-9-11-21)23(27)17-29-22-14-18(2)13-19(3)15-22/h7-11,13-15,20H,5-6,12,16-17H2,1-4H3,(H,25,28)/t20-/m1/s1. The molecule has 2 amide bonds. The highest BCUT2D eigenvalue weighted by atomic mass is 16.5. The van der Waals surface area contributed by atoms with E-state index in [9.17, 15) is 9.59 Å². The van der Waals surface area contributed by atoms with Crippen LogP contribution in [0.15, 0.2) is 48.5 Å². The molecule has 0 aliphatic rings. The zero-order valence-electron chi connectivity index (χ0n) is 17.9. The average Bonchev–Trinajstić information content (AvgIpc) is 2.70. The van der Waals surface area contributed by atoms with Gasteiger partial charge in [-0.05, 0) is 56.0 Å². The van der Waals surface area contributed by atoms with E-state index in [1.165, 1.54) is 0 Å². The number of unbranched alkanes of at least 4 members (excludes halogenated alkanes) is 1. The van der Waals surface area contributed by atoms with Crippen LogP contribution in [0, 0.1) is 13.8 Å². The minimum atomic E-state index is -0.581. The molecule has 0 fully saturated rings. The Labute approximate surface area is 174 Å². The van der Waals surface area contributed by atoms with Gasteiger partial charge in [0.15, 0.2) is 6.61 Å². The lowest BCUT2D eigenvalue weighted by Crippen LogP contribution is -2.49. The summed E-state index contributed by atoms with van der Waals surface area (Å²) in [7, 11) is 0. The molecule has 5 nitrogen and oxygen atoms in total. The highest BCUT2D eigenvalue weighted by Gasteiger charge is 2.26. The fourth-order valence-electron chi connectivity index (χ4n) is 3.14. The van der Waals surface area contributed by atoms with Gasteiger partial charge in [0.2, 0.25) is 5.91 Å². The maximum atomic E-state index is 13.0. The van der Waals surface area contributed by atoms with E-state index < -0.39 is 6.04 Å². The predicted molar refractivity (Wildman–Crippen MR) is 116 cm³/mol. The molecule has 0 aromatic heterocycles. The second-order valence-electron chi connectivity index (χ2n) is 7.44. The third kappa shape index (κ3) is 7.26. The van der Waals surface area contributed by atoms with Crippen molar-refractivity contribution in [3.63, 3.8) is 0 Å². The van der Waals surface area contributed by atoms with Gasteiger partial charge in [-0.2, -0.15) is 0 Å². The van der Waals surface area contributed by atoms with Crippen molar-refractivity contribution in [3.05, 3.63) is 65.2 Å². The Kier molecular flexibility index (Phi) is 8.71. The molecule has 0 saturated heterocycles. The van der Waals surface area contributed by atoms with Gasteiger partial charge in [0, 0.05) is 13.1 Å². The molecule has 0 spiro atoms. The van der Waals surface area contributed by atoms with E-state index in [0.29, 0.717) is 18.8 Å². The van der Waals surface area contributed by atoms with Crippen LogP contribution in [0.2, 0.25) is 0 Å². The molecule has 0 aliphatic carbocycles. The third-order valence-electron chi connectivity index (χ3n) is 4.75. The van der Waals surface area contributed by atoms with E-state index in [2.05, 4.69) is 18.3 Å². The predicted octanol–water partition coefficient (Wildman–Crippen LogP) is 4.02. The molecule has 1 N–H and O–H groups in total. The van der Waals surface area contributed by atoms with E-state index in [-0.39, 0.29) is 18.4 Å². The molecular formula is C24H32N2O3. The van der Waals surface area contributed by atoms with Crippen molar-refractivity contribution in [1.29, 1.82) is 0 Å². The SMILES string of the molecule is CCCCNC(=O)[C@@H](C)N(Cc1ccccc1)C(=O)COc1cc(C)cc(C)c1. The number of nitrogens with one attached hydrogen (secondary N) is 1. The van der Waals surface area contributed by atoms with Gasteiger partial charge in [-0.25, -0.2) is 0 Å². The van der Waals surface area contributed by atoms with Crippen LogP contribution in [0.25, 0.3) is 0 Å². The fourth-order valence-corrected chi connectivity index (χ4v) is 3.14. The van der Waals surface area contributed by atoms with Crippen LogP contribution in [-0.4, -0.2) is 35.9 Å². The Morgan fingerprint density at radius 3 is 2.34 bits per heavy atom. The monoisotopic (exact) mass is 396 g/mol. The molecule has 5 heteroatoms. The van der Waals surface area contributed by atoms with Gasteiger partial charge in [0.05, 0.1) is 0 Å². The van der Waals surface area contributed by atoms with Crippen molar-refractivity contribution >= 4 is 11.8 Å². The van der Waals surface area contributed by atoms with Crippen molar-refractivity contribution in [1.82, 2.24) is 10.2 Å². The van der Waals surface area contributed by atoms with Gasteiger partial charge in [0.25, 0.3) is 5.91 Å². The number of carbonyl (C=O) groups excluding carboxylic acids is 2. The first-order valence-electron chi connectivity index (χ1n) is 10.2. The zero-order chi connectivity index (χ0) is 21.2. The first kappa shape index (κ1) is 22.5. The maximum absolute atomic E-state index is 13.0. The van der Waals surface area contributed by atoms with Crippen LogP contribution in [0.4, 0.5) is 0 Å². The van der Waals surface area contributed by atoms with Gasteiger partial charge in [-0.3, -0.25) is 9.59 Å². The molecule has 0 aliphatic heterocycles. The summed E-state index contributed by atoms with van der Waals surface area (Å²) in [6, 6.07) is 15.0. The summed E-state index contributed by atoms with van der Waals surface area (Å²) in [4.78, 5) is 27.1. The van der Waals surface area contributed by atoms with Crippen LogP contribution in [0.5, 0.6) is 5.75 Å². The quantitative estimate of drug-likeness (QED) is 0.617. The minimum absolute atomic E-state index is 0.109. The largest absolute Gasteiger partial charge is 0.484 e. The summed E-state index contributed by atoms with van der Waals surface area (Å²) in [5.41, 5.74) is 3.13. The summed E-state index contributed by atoms with van der Waals surface area (Å²) in [6.07, 6.45) is 1.92. The molecule has 0 saturated carbocycles. The van der Waals surface area contributed by atoms with Crippen LogP contribution in [0.1, 0.15) is 43.4 Å². The molecule has 1 atom stereocenters. The average molecular weight is 397 g/mol. The first-order chi connectivity index (χ1) is 13.9. The van der Waals surface area contributed by atoms with Crippen molar-refractivity contribution in [2.75, 3.05) is 13.2 Å². The summed E-state index contributed by atoms with van der Waals surface area (Å²) >= 11 is 0. The molecule has 29 heavy (non-hydrogen) atoms. The number of ether oxygens (including phenoxy) is 1. The molecule has 2 aromatic rings. The summed E-state index contributed by atoms with van der Waals surface area (Å²) < 4.78 is 5.75. The van der Waals surface area contributed by atoms with E-state index >= 15 is 0 Å². The number of hydrogen-bond donors (Lipinski definition) is 1. The lowest BCUT2D eigenvalue weighted by Gasteiger charge is -2.28. The van der Waals surface area contributed by atoms with Crippen molar-refractivity contribution < 1.29 is 14.3 Å². The topological polar surface area (TPSA) is 58.6 Å². The van der Waals surface area contributed by atoms with Crippen molar-refractivity contribution in [2.45, 2.75) is 53.1 Å². The highest BCUT2D eigenvalue weighted by Crippen LogP contribution is 2.17. The van der Waals surface area contributed by atoms with Crippen LogP contribution in [0.3, 0.4) is 0 Å². The highest BCUT2D eigenvalue weighted by molar-refractivity contribution is 5.87. The molecule has 0 unspecified atom stereocenters. The van der Waals surface area contributed by atoms with Crippen molar-refractivity contribution in [3.8, 4) is 5.75 Å². The zero-order valence-corrected chi connectivity index (χ0v) is 17.9. The number of hydrogen-bond acceptors (Lipinski definition) is 3. The number of rotatable bonds is 10. The second kappa shape index (κ2) is 11.2. The Balaban J connectivity index is 2.10. The van der Waals surface area contributed by atoms with E-state index in [1.54, 1.807) is 11.8 Å². The normalized spacial score (nSPS) is 11.6. The van der Waals surface area contributed by atoms with Gasteiger partial charge in [-0.1, -0.05) is 49.7 Å². The van der Waals surface area contributed by atoms with Crippen LogP contribution in [-0.2, 0) is 16.1 Å². The first-order valence-corrected chi connectivity index (χ1v) is 10.2. The molecule has 2 aromatic carbocycles. The number of carbonyl (C=O) groups is 2. The van der Waals surface area contributed by atoms with Crippen LogP contribution < -0.4 is 10.1 Å². The molecule has 156 valence electrons. The van der Waals surface area contributed by atoms with Gasteiger partial charge >= 0.3 is 0 Å². The van der Waals surface area contributed by atoms with Gasteiger partial charge < -0.3 is 15.0 Å². The summed E-state index contributed by atoms with van der Waals surface area (Å²) in [6.45, 7) is 8.69. The van der Waals surface area contributed by atoms with Gasteiger partial charge in [-0.15, -0.1) is 0 Å². The fraction of sp³-hybridized carbons (Fsp3) is 0.417. The number of benzene rings is 2. The lowest BCUT2D eigenvalue weighted by atomic mass is 10.1. The van der Waals surface area contributed by atoms with Crippen molar-refractivity contribution in [2.24, 2.45) is 0 Å². The van der Waals surface area contributed by atoms with E-state index in [0.717, 1.165) is 29.5 Å². The van der Waals surface area contributed by atoms with Crippen LogP contribution >= 0.6 is 0 Å². The number of amides is 2. The summed E-state index contributed by atoms with van der Waals surface area (Å²) in [5.74, 6) is 0.302. The molecule has 0 heterocycles. The Morgan fingerprint density at radius 2 is 1.72 bits per heavy atom. The third-order valence-corrected chi connectivity index (χ3v) is 4.75. The smallest absolute Gasteiger partial charge is 0.261 e. The Hall–Kier alpha value is -2.82. The molecule has 2 rings (SSSR count). The maximum Gasteiger partial charge on any atom is 0.261 e. The lowest BCUT2D eigenvalue weighted by molar-refractivity contribution is -0.142. The van der Waals surface area contributed by atoms with Gasteiger partial charge in [0.1, 0.15) is 11.8 Å². The summed E-state index contributed by atoms with van der Waals surface area (Å²) in [5, 5.41) is 2.92. The molecule has 0 bridgehead atoms. The molecule has 0 radical (unpaired) electrons. The number of aryl methyl sites for hydroxylation is 2. The van der Waals surface area contributed by atoms with E-state index in [1.807, 2.05) is 56.3 Å². The minimum Gasteiger partial charge on any atom is -0.484 e. The molecular weight excluding hydrogens is 364 g/mol. The Morgan fingerprint density at radius 1 is 1.07 bits per heavy atom. The Bertz CT molecular complexity index is 785. The van der Waals surface area contributed by atoms with E-state index in [4.69, 9.17) is 4.74 Å². The number of nitrogens with zero attached hydrogens (tertiary/aromatic N) is 1.